The quantitative estimate of drug-likeness (QED) is 0.0892. The number of fused-ring (bicyclic) bond motifs is 4. The van der Waals surface area contributed by atoms with Gasteiger partial charge in [-0.1, -0.05) is 80.2 Å². The zero-order valence-electron chi connectivity index (χ0n) is 51.6. The second-order valence-corrected chi connectivity index (χ2v) is 29.8. The molecule has 21 nitrogen and oxygen atoms in total. The van der Waals surface area contributed by atoms with Gasteiger partial charge in [0.2, 0.25) is 0 Å². The lowest BCUT2D eigenvalue weighted by molar-refractivity contribution is 0.181. The van der Waals surface area contributed by atoms with Crippen LogP contribution in [0.5, 0.6) is 0 Å². The van der Waals surface area contributed by atoms with Gasteiger partial charge in [-0.25, -0.2) is 29.9 Å². The molecule has 0 amide bonds. The van der Waals surface area contributed by atoms with E-state index in [9.17, 15) is 0 Å². The van der Waals surface area contributed by atoms with Gasteiger partial charge < -0.3 is 34.4 Å². The normalized spacial score (nSPS) is 20.2. The number of aromatic amines is 4. The van der Waals surface area contributed by atoms with Crippen molar-refractivity contribution in [3.8, 4) is 65.4 Å². The van der Waals surface area contributed by atoms with Gasteiger partial charge in [0.1, 0.15) is 15.0 Å². The lowest BCUT2D eigenvalue weighted by Gasteiger charge is -2.39. The summed E-state index contributed by atoms with van der Waals surface area (Å²) in [7, 11) is 13.2. The van der Waals surface area contributed by atoms with E-state index in [1.807, 2.05) is 55.5 Å². The van der Waals surface area contributed by atoms with Gasteiger partial charge in [0, 0.05) is 153 Å². The number of anilines is 3. The molecule has 0 saturated carbocycles. The number of nitrogens with one attached hydrogen (secondary N) is 4. The van der Waals surface area contributed by atoms with Crippen molar-refractivity contribution in [3.05, 3.63) is 98.2 Å². The number of likely N-dealkylation sites (tertiary alicyclic amines) is 3. The largest absolute Gasteiger partial charge is 0.361 e. The van der Waals surface area contributed by atoms with E-state index in [-0.39, 0.29) is 0 Å². The number of hydrogen-bond donors (Lipinski definition) is 4. The summed E-state index contributed by atoms with van der Waals surface area (Å²) in [6, 6.07) is 18.0. The van der Waals surface area contributed by atoms with Gasteiger partial charge in [-0.3, -0.25) is 25.3 Å². The van der Waals surface area contributed by atoms with E-state index in [1.54, 1.807) is 80.4 Å². The van der Waals surface area contributed by atoms with Crippen molar-refractivity contribution in [2.45, 2.75) is 95.5 Å². The predicted molar refractivity (Wildman–Crippen MR) is 373 cm³/mol. The number of benzene rings is 1. The van der Waals surface area contributed by atoms with Gasteiger partial charge in [0.15, 0.2) is 44.4 Å². The van der Waals surface area contributed by atoms with Gasteiger partial charge in [0.25, 0.3) is 0 Å². The molecule has 12 aromatic heterocycles. The van der Waals surface area contributed by atoms with Crippen LogP contribution in [0.3, 0.4) is 0 Å². The van der Waals surface area contributed by atoms with E-state index in [0.29, 0.717) is 36.3 Å². The Morgan fingerprint density at radius 2 is 0.856 bits per heavy atom. The summed E-state index contributed by atoms with van der Waals surface area (Å²) in [6.45, 7) is 10.3. The Kier molecular flexibility index (Phi) is 17.1. The highest BCUT2D eigenvalue weighted by Gasteiger charge is 2.31. The van der Waals surface area contributed by atoms with Gasteiger partial charge in [-0.2, -0.15) is 15.3 Å². The van der Waals surface area contributed by atoms with Crippen LogP contribution in [0, 0.1) is 0 Å². The van der Waals surface area contributed by atoms with Crippen LogP contribution in [0.2, 0.25) is 0 Å². The summed E-state index contributed by atoms with van der Waals surface area (Å²) in [5.74, 6) is 0. The second-order valence-electron chi connectivity index (χ2n) is 24.0. The maximum atomic E-state index is 4.98. The number of rotatable bonds is 12. The fourth-order valence-corrected chi connectivity index (χ4v) is 18.4. The van der Waals surface area contributed by atoms with E-state index >= 15 is 0 Å². The molecular weight excluding hydrogens is 1240 g/mol. The third kappa shape index (κ3) is 12.3. The van der Waals surface area contributed by atoms with Crippen molar-refractivity contribution < 1.29 is 0 Å². The summed E-state index contributed by atoms with van der Waals surface area (Å²) < 4.78 is 0. The molecule has 3 saturated heterocycles. The highest BCUT2D eigenvalue weighted by atomic mass is 32.1. The fourth-order valence-electron chi connectivity index (χ4n) is 12.2. The molecule has 6 atom stereocenters. The summed E-state index contributed by atoms with van der Waals surface area (Å²) in [6.07, 6.45) is 23.8. The van der Waals surface area contributed by atoms with E-state index in [4.69, 9.17) is 29.9 Å². The van der Waals surface area contributed by atoms with Gasteiger partial charge in [-0.15, -0.1) is 0 Å². The Morgan fingerprint density at radius 1 is 0.422 bits per heavy atom. The molecule has 464 valence electrons. The average Bonchev–Trinajstić information content (AvgIpc) is 2.28. The molecule has 0 bridgehead atoms. The predicted octanol–water partition coefficient (Wildman–Crippen LogP) is 13.5. The smallest absolute Gasteiger partial charge is 0.188 e. The summed E-state index contributed by atoms with van der Waals surface area (Å²) in [5, 5.41) is 27.9. The van der Waals surface area contributed by atoms with Crippen molar-refractivity contribution >= 4 is 123 Å². The minimum Gasteiger partial charge on any atom is -0.361 e. The van der Waals surface area contributed by atoms with Crippen molar-refractivity contribution in [2.24, 2.45) is 0 Å². The van der Waals surface area contributed by atoms with Crippen LogP contribution >= 0.6 is 68.0 Å². The maximum absolute atomic E-state index is 4.98. The van der Waals surface area contributed by atoms with Crippen LogP contribution in [0.4, 0.5) is 15.4 Å². The Bertz CT molecular complexity index is 4210. The maximum Gasteiger partial charge on any atom is 0.188 e. The highest BCUT2D eigenvalue weighted by Crippen LogP contribution is 2.43. The zero-order chi connectivity index (χ0) is 61.7. The molecule has 3 aliphatic heterocycles. The molecule has 3 fully saturated rings. The monoisotopic (exact) mass is 1310 g/mol. The fraction of sp³-hybridized carbons (Fsp3) is 0.381. The van der Waals surface area contributed by atoms with E-state index in [1.165, 1.54) is 43.9 Å². The first-order valence-electron chi connectivity index (χ1n) is 30.4. The van der Waals surface area contributed by atoms with Crippen LogP contribution in [-0.2, 0) is 0 Å². The summed E-state index contributed by atoms with van der Waals surface area (Å²) >= 11 is 9.99. The molecule has 27 heteroatoms. The van der Waals surface area contributed by atoms with E-state index in [0.717, 1.165) is 135 Å². The first-order chi connectivity index (χ1) is 43.7. The summed E-state index contributed by atoms with van der Waals surface area (Å²) in [5.41, 5.74) is 10.3. The van der Waals surface area contributed by atoms with Crippen molar-refractivity contribution in [2.75, 3.05) is 76.6 Å². The number of H-pyrrole nitrogens is 4. The molecule has 4 N–H and O–H groups in total. The number of hydrogen-bond acceptors (Lipinski definition) is 23. The standard InChI is InChI=1S/C23H25N7S2.2C20H23N7S2/c1-13-10-15(7-9-29(13)2)30(3)23-28-22-21(32-23)27-20(31-22)18-5-4-16(14-11-25-26-12-14)17-6-8-24-19(17)18;1-12-8-15(6-7-26(12)2)27(3)20-25-19-18(29-20)24-17(28-19)13-4-5-16(21-9-13)14-10-22-23-11-14;1-12-8-15(6-7-26(12)2)27(3)20-25-19-18(29-20)24-17(28-19)16-5-4-13(9-21-16)14-10-22-23-11-14/h4-6,8,11-13,15,24H,7,9-10H2,1-3H3,(H,25,26);2*4-5,9-12,15H,6-8H2,1-3H3,(H,22,23). The van der Waals surface area contributed by atoms with Gasteiger partial charge in [0.05, 0.1) is 35.5 Å². The molecule has 6 unspecified atom stereocenters. The third-order valence-corrected chi connectivity index (χ3v) is 24.8. The molecular formula is C63H71N21S6. The Morgan fingerprint density at radius 3 is 1.33 bits per heavy atom. The number of piperidine rings is 3. The lowest BCUT2D eigenvalue weighted by atomic mass is 9.98. The topological polar surface area (TPSA) is 224 Å². The third-order valence-electron chi connectivity index (χ3n) is 18.4. The molecule has 0 aliphatic carbocycles. The first-order valence-corrected chi connectivity index (χ1v) is 35.3. The minimum absolute atomic E-state index is 0.537. The number of aromatic nitrogens is 15. The lowest BCUT2D eigenvalue weighted by Crippen LogP contribution is -2.46. The van der Waals surface area contributed by atoms with E-state index in [2.05, 4.69) is 168 Å². The molecule has 13 aromatic rings. The Balaban J connectivity index is 0.000000118. The molecule has 15 heterocycles. The van der Waals surface area contributed by atoms with Crippen molar-refractivity contribution in [1.82, 2.24) is 90.1 Å². The summed E-state index contributed by atoms with van der Waals surface area (Å²) in [4.78, 5) is 62.3. The SMILES string of the molecule is CC1CC(N(C)c2nc3sc(-c4ccc(-c5cn[nH]c5)c5cc[nH]c45)nc3s2)CCN1C.CC1CC(N(C)c2nc3sc(-c4ccc(-c5cn[nH]c5)cn4)nc3s2)CCN1C.CC1CC(N(C)c2nc3sc(-c4ccc(-c5cn[nH]c5)nc4)nc3s2)CCN1C. The number of thiazole rings is 6. The van der Waals surface area contributed by atoms with Crippen LogP contribution < -0.4 is 14.7 Å². The average molecular weight is 1310 g/mol. The van der Waals surface area contributed by atoms with Crippen LogP contribution in [0.25, 0.3) is 105 Å². The van der Waals surface area contributed by atoms with Crippen molar-refractivity contribution in [1.29, 1.82) is 0 Å². The Hall–Kier alpha value is -7.47. The molecule has 3 aliphatic rings. The van der Waals surface area contributed by atoms with Crippen LogP contribution in [-0.4, -0.2) is 188 Å². The molecule has 0 radical (unpaired) electrons. The number of pyridine rings is 2. The first kappa shape index (κ1) is 60.1. The molecule has 90 heavy (non-hydrogen) atoms. The molecule has 1 aromatic carbocycles. The number of nitrogens with zero attached hydrogens (tertiary/aromatic N) is 17. The van der Waals surface area contributed by atoms with Crippen LogP contribution in [0.15, 0.2) is 98.2 Å². The zero-order valence-corrected chi connectivity index (χ0v) is 56.5. The van der Waals surface area contributed by atoms with Gasteiger partial charge >= 0.3 is 0 Å². The highest BCUT2D eigenvalue weighted by molar-refractivity contribution is 7.31. The van der Waals surface area contributed by atoms with Crippen LogP contribution in [0.1, 0.15) is 59.3 Å². The molecule has 0 spiro atoms. The van der Waals surface area contributed by atoms with E-state index < -0.39 is 0 Å². The minimum atomic E-state index is 0.537. The Labute approximate surface area is 545 Å². The van der Waals surface area contributed by atoms with Gasteiger partial charge in [-0.05, 0) is 116 Å². The molecule has 16 rings (SSSR count). The second kappa shape index (κ2) is 25.7. The van der Waals surface area contributed by atoms with Crippen molar-refractivity contribution in [3.63, 3.8) is 0 Å².